The Hall–Kier alpha value is -3.12. The van der Waals surface area contributed by atoms with Crippen LogP contribution in [0.4, 0.5) is 5.69 Å². The molecule has 1 amide bonds. The molecule has 0 aliphatic heterocycles. The predicted octanol–water partition coefficient (Wildman–Crippen LogP) is 5.23. The topological polar surface area (TPSA) is 75.3 Å². The van der Waals surface area contributed by atoms with Crippen molar-refractivity contribution in [1.82, 2.24) is 5.32 Å². The quantitative estimate of drug-likeness (QED) is 0.532. The van der Waals surface area contributed by atoms with Gasteiger partial charge in [-0.25, -0.2) is 8.42 Å². The van der Waals surface area contributed by atoms with Crippen LogP contribution in [-0.2, 0) is 10.0 Å². The molecule has 6 heteroatoms. The molecular weight excluding hydrogens is 408 g/mol. The van der Waals surface area contributed by atoms with Gasteiger partial charge in [0.05, 0.1) is 10.9 Å². The second kappa shape index (κ2) is 9.35. The third-order valence-corrected chi connectivity index (χ3v) is 6.56. The van der Waals surface area contributed by atoms with Crippen LogP contribution < -0.4 is 10.0 Å². The van der Waals surface area contributed by atoms with Gasteiger partial charge in [0, 0.05) is 11.3 Å². The van der Waals surface area contributed by atoms with Gasteiger partial charge in [0.1, 0.15) is 0 Å². The fraction of sp³-hybridized carbons (Fsp3) is 0.240. The molecule has 3 aromatic carbocycles. The van der Waals surface area contributed by atoms with Gasteiger partial charge in [-0.3, -0.25) is 9.52 Å². The number of benzene rings is 3. The van der Waals surface area contributed by atoms with Crippen molar-refractivity contribution in [3.05, 3.63) is 95.1 Å². The van der Waals surface area contributed by atoms with Crippen LogP contribution in [0.2, 0.25) is 0 Å². The summed E-state index contributed by atoms with van der Waals surface area (Å²) >= 11 is 0. The van der Waals surface area contributed by atoms with Gasteiger partial charge in [-0.1, -0.05) is 55.8 Å². The van der Waals surface area contributed by atoms with Gasteiger partial charge in [-0.05, 0) is 67.3 Å². The lowest BCUT2D eigenvalue weighted by Gasteiger charge is -2.25. The average Bonchev–Trinajstić information content (AvgIpc) is 2.73. The first-order chi connectivity index (χ1) is 14.7. The molecule has 2 N–H and O–H groups in total. The number of rotatable bonds is 7. The van der Waals surface area contributed by atoms with E-state index in [-0.39, 0.29) is 22.8 Å². The summed E-state index contributed by atoms with van der Waals surface area (Å²) in [5.74, 6) is 0.0125. The summed E-state index contributed by atoms with van der Waals surface area (Å²) < 4.78 is 27.5. The molecule has 0 unspecified atom stereocenters. The Morgan fingerprint density at radius 1 is 0.871 bits per heavy atom. The van der Waals surface area contributed by atoms with E-state index in [1.807, 2.05) is 6.92 Å². The maximum atomic E-state index is 12.9. The zero-order chi connectivity index (χ0) is 22.6. The van der Waals surface area contributed by atoms with E-state index in [0.717, 1.165) is 11.1 Å². The molecule has 31 heavy (non-hydrogen) atoms. The Balaban J connectivity index is 1.75. The highest BCUT2D eigenvalue weighted by molar-refractivity contribution is 7.92. The highest BCUT2D eigenvalue weighted by atomic mass is 32.2. The molecule has 3 rings (SSSR count). The van der Waals surface area contributed by atoms with Gasteiger partial charge in [0.2, 0.25) is 0 Å². The number of hydrogen-bond acceptors (Lipinski definition) is 3. The summed E-state index contributed by atoms with van der Waals surface area (Å²) in [4.78, 5) is 13.1. The number of aryl methyl sites for hydroxylation is 2. The molecule has 0 heterocycles. The SMILES string of the molecule is Cc1ccc([C@@H](NC(=O)c2ccc(NS(=O)(=O)c3ccccc3)cc2)C(C)C)c(C)c1. The number of sulfonamides is 1. The maximum Gasteiger partial charge on any atom is 0.261 e. The number of amides is 1. The van der Waals surface area contributed by atoms with E-state index in [4.69, 9.17) is 0 Å². The number of nitrogens with one attached hydrogen (secondary N) is 2. The van der Waals surface area contributed by atoms with Crippen LogP contribution in [0.1, 0.15) is 46.9 Å². The van der Waals surface area contributed by atoms with Crippen LogP contribution in [0.25, 0.3) is 0 Å². The molecule has 3 aromatic rings. The van der Waals surface area contributed by atoms with Gasteiger partial charge in [0.25, 0.3) is 15.9 Å². The first kappa shape index (κ1) is 22.6. The Morgan fingerprint density at radius 2 is 1.52 bits per heavy atom. The molecule has 162 valence electrons. The molecule has 0 saturated carbocycles. The second-order valence-corrected chi connectivity index (χ2v) is 9.73. The molecule has 0 aliphatic carbocycles. The monoisotopic (exact) mass is 436 g/mol. The van der Waals surface area contributed by atoms with Crippen molar-refractivity contribution in [2.75, 3.05) is 4.72 Å². The predicted molar refractivity (Wildman–Crippen MR) is 125 cm³/mol. The zero-order valence-corrected chi connectivity index (χ0v) is 19.0. The molecule has 0 bridgehead atoms. The van der Waals surface area contributed by atoms with Gasteiger partial charge < -0.3 is 5.32 Å². The summed E-state index contributed by atoms with van der Waals surface area (Å²) in [5.41, 5.74) is 4.29. The molecule has 0 aliphatic rings. The van der Waals surface area contributed by atoms with Crippen molar-refractivity contribution in [3.8, 4) is 0 Å². The molecule has 5 nitrogen and oxygen atoms in total. The van der Waals surface area contributed by atoms with Crippen LogP contribution in [0, 0.1) is 19.8 Å². The standard InChI is InChI=1S/C25H28N2O3S/c1-17(2)24(23-15-10-18(3)16-19(23)4)26-25(28)20-11-13-21(14-12-20)27-31(29,30)22-8-6-5-7-9-22/h5-17,24,27H,1-4H3,(H,26,28)/t24-/m0/s1. The normalized spacial score (nSPS) is 12.4. The molecule has 0 saturated heterocycles. The van der Waals surface area contributed by atoms with E-state index >= 15 is 0 Å². The van der Waals surface area contributed by atoms with E-state index in [1.165, 1.54) is 17.7 Å². The molecule has 0 aromatic heterocycles. The van der Waals surface area contributed by atoms with Crippen LogP contribution in [-0.4, -0.2) is 14.3 Å². The molecular formula is C25H28N2O3S. The summed E-state index contributed by atoms with van der Waals surface area (Å²) in [5, 5.41) is 3.13. The van der Waals surface area contributed by atoms with Crippen molar-refractivity contribution in [2.45, 2.75) is 38.6 Å². The molecule has 0 radical (unpaired) electrons. The van der Waals surface area contributed by atoms with Crippen molar-refractivity contribution in [2.24, 2.45) is 5.92 Å². The number of carbonyl (C=O) groups excluding carboxylic acids is 1. The van der Waals surface area contributed by atoms with Crippen molar-refractivity contribution in [1.29, 1.82) is 0 Å². The smallest absolute Gasteiger partial charge is 0.261 e. The number of anilines is 1. The maximum absolute atomic E-state index is 12.9. The lowest BCUT2D eigenvalue weighted by atomic mass is 9.91. The van der Waals surface area contributed by atoms with E-state index < -0.39 is 10.0 Å². The average molecular weight is 437 g/mol. The van der Waals surface area contributed by atoms with E-state index in [1.54, 1.807) is 42.5 Å². The Morgan fingerprint density at radius 3 is 2.10 bits per heavy atom. The Labute approximate surface area is 184 Å². The van der Waals surface area contributed by atoms with E-state index in [9.17, 15) is 13.2 Å². The minimum absolute atomic E-state index is 0.121. The van der Waals surface area contributed by atoms with Crippen molar-refractivity contribution in [3.63, 3.8) is 0 Å². The number of hydrogen-bond donors (Lipinski definition) is 2. The largest absolute Gasteiger partial charge is 0.345 e. The Bertz CT molecular complexity index is 1160. The first-order valence-corrected chi connectivity index (χ1v) is 11.7. The van der Waals surface area contributed by atoms with Crippen molar-refractivity contribution >= 4 is 21.6 Å². The van der Waals surface area contributed by atoms with Gasteiger partial charge in [-0.2, -0.15) is 0 Å². The minimum Gasteiger partial charge on any atom is -0.345 e. The summed E-state index contributed by atoms with van der Waals surface area (Å²) in [6.07, 6.45) is 0. The van der Waals surface area contributed by atoms with Crippen LogP contribution >= 0.6 is 0 Å². The highest BCUT2D eigenvalue weighted by Gasteiger charge is 2.21. The summed E-state index contributed by atoms with van der Waals surface area (Å²) in [7, 11) is -3.67. The summed E-state index contributed by atoms with van der Waals surface area (Å²) in [6, 6.07) is 20.7. The highest BCUT2D eigenvalue weighted by Crippen LogP contribution is 2.26. The molecule has 0 spiro atoms. The molecule has 0 fully saturated rings. The second-order valence-electron chi connectivity index (χ2n) is 8.05. The lowest BCUT2D eigenvalue weighted by molar-refractivity contribution is 0.0925. The van der Waals surface area contributed by atoms with Crippen LogP contribution in [0.15, 0.2) is 77.7 Å². The third kappa shape index (κ3) is 5.52. The van der Waals surface area contributed by atoms with E-state index in [0.29, 0.717) is 11.3 Å². The fourth-order valence-electron chi connectivity index (χ4n) is 3.51. The van der Waals surface area contributed by atoms with Gasteiger partial charge in [0.15, 0.2) is 0 Å². The first-order valence-electron chi connectivity index (χ1n) is 10.2. The van der Waals surface area contributed by atoms with E-state index in [2.05, 4.69) is 49.0 Å². The number of carbonyl (C=O) groups is 1. The van der Waals surface area contributed by atoms with Crippen LogP contribution in [0.5, 0.6) is 0 Å². The zero-order valence-electron chi connectivity index (χ0n) is 18.2. The summed E-state index contributed by atoms with van der Waals surface area (Å²) in [6.45, 7) is 8.25. The molecule has 1 atom stereocenters. The fourth-order valence-corrected chi connectivity index (χ4v) is 4.59. The van der Waals surface area contributed by atoms with Crippen molar-refractivity contribution < 1.29 is 13.2 Å². The Kier molecular flexibility index (Phi) is 6.81. The lowest BCUT2D eigenvalue weighted by Crippen LogP contribution is -2.32. The van der Waals surface area contributed by atoms with Gasteiger partial charge >= 0.3 is 0 Å². The minimum atomic E-state index is -3.67. The van der Waals surface area contributed by atoms with Gasteiger partial charge in [-0.15, -0.1) is 0 Å². The van der Waals surface area contributed by atoms with Crippen LogP contribution in [0.3, 0.4) is 0 Å². The third-order valence-electron chi connectivity index (χ3n) is 5.17.